The van der Waals surface area contributed by atoms with Crippen molar-refractivity contribution in [1.82, 2.24) is 4.98 Å². The van der Waals surface area contributed by atoms with Crippen LogP contribution in [0.1, 0.15) is 23.7 Å². The molecule has 0 spiro atoms. The molecule has 5 nitrogen and oxygen atoms in total. The van der Waals surface area contributed by atoms with E-state index in [9.17, 15) is 13.0 Å². The van der Waals surface area contributed by atoms with Gasteiger partial charge in [0.05, 0.1) is 0 Å². The molecule has 4 rings (SSSR count). The molecule has 2 heterocycles. The van der Waals surface area contributed by atoms with E-state index >= 15 is 0 Å². The van der Waals surface area contributed by atoms with E-state index in [-0.39, 0.29) is 5.76 Å². The molecular formula is C24H18ClNO4S. The van der Waals surface area contributed by atoms with Crippen LogP contribution < -0.4 is 4.74 Å². The number of hydrogen-bond donors (Lipinski definition) is 1. The van der Waals surface area contributed by atoms with Gasteiger partial charge in [-0.15, -0.1) is 0 Å². The van der Waals surface area contributed by atoms with Crippen molar-refractivity contribution in [2.45, 2.75) is 18.6 Å². The van der Waals surface area contributed by atoms with Gasteiger partial charge in [-0.2, -0.15) is 8.42 Å². The van der Waals surface area contributed by atoms with Crippen molar-refractivity contribution < 1.29 is 17.7 Å². The molecule has 0 aliphatic carbocycles. The first-order valence-electron chi connectivity index (χ1n) is 9.51. The molecule has 1 aliphatic heterocycles. The highest BCUT2D eigenvalue weighted by atomic mass is 35.5. The van der Waals surface area contributed by atoms with Crippen LogP contribution in [-0.4, -0.2) is 23.2 Å². The topological polar surface area (TPSA) is 76.5 Å². The van der Waals surface area contributed by atoms with Gasteiger partial charge >= 0.3 is 0 Å². The van der Waals surface area contributed by atoms with Gasteiger partial charge in [-0.1, -0.05) is 35.7 Å². The molecule has 1 atom stereocenters. The molecule has 2 aromatic carbocycles. The number of ether oxygens (including phenoxy) is 1. The summed E-state index contributed by atoms with van der Waals surface area (Å²) in [5.74, 6) is 6.93. The quantitative estimate of drug-likeness (QED) is 0.453. The van der Waals surface area contributed by atoms with Crippen LogP contribution in [0, 0.1) is 11.8 Å². The lowest BCUT2D eigenvalue weighted by molar-refractivity contribution is 0.382. The van der Waals surface area contributed by atoms with E-state index in [2.05, 4.69) is 16.8 Å². The summed E-state index contributed by atoms with van der Waals surface area (Å²) in [5.41, 5.74) is 4.35. The number of allylic oxidation sites excluding steroid dienone is 1. The highest BCUT2D eigenvalue weighted by molar-refractivity contribution is 7.86. The lowest BCUT2D eigenvalue weighted by Gasteiger charge is -2.21. The zero-order chi connectivity index (χ0) is 22.0. The molecule has 0 saturated heterocycles. The van der Waals surface area contributed by atoms with Gasteiger partial charge in [0.2, 0.25) is 0 Å². The lowest BCUT2D eigenvalue weighted by atomic mass is 10.0. The summed E-state index contributed by atoms with van der Waals surface area (Å²) in [6.45, 7) is 1.39. The van der Waals surface area contributed by atoms with Crippen molar-refractivity contribution in [2.75, 3.05) is 0 Å². The molecule has 0 fully saturated rings. The van der Waals surface area contributed by atoms with Crippen LogP contribution in [0.4, 0.5) is 0 Å². The highest BCUT2D eigenvalue weighted by Crippen LogP contribution is 2.29. The Morgan fingerprint density at radius 2 is 1.81 bits per heavy atom. The fourth-order valence-corrected chi connectivity index (χ4v) is 3.67. The first kappa shape index (κ1) is 21.1. The minimum absolute atomic E-state index is 0.221. The summed E-state index contributed by atoms with van der Waals surface area (Å²) in [5, 5.41) is -0.420. The monoisotopic (exact) mass is 451 g/mol. The first-order valence-corrected chi connectivity index (χ1v) is 11.4. The molecule has 1 aliphatic rings. The number of fused-ring (bicyclic) bond motifs is 1. The minimum atomic E-state index is -4.20. The SMILES string of the molecule is CC(C1=CCc2cc(C#Cc3ccc(-c4ccc(Cl)cc4)cn3)ccc2O1)S(=O)(=O)O. The summed E-state index contributed by atoms with van der Waals surface area (Å²) >= 11 is 5.93. The Morgan fingerprint density at radius 1 is 1.06 bits per heavy atom. The third kappa shape index (κ3) is 4.97. The van der Waals surface area contributed by atoms with Crippen LogP contribution in [-0.2, 0) is 16.5 Å². The van der Waals surface area contributed by atoms with Gasteiger partial charge < -0.3 is 4.74 Å². The van der Waals surface area contributed by atoms with Gasteiger partial charge in [-0.05, 0) is 72.9 Å². The third-order valence-corrected chi connectivity index (χ3v) is 6.31. The number of pyridine rings is 1. The van der Waals surface area contributed by atoms with E-state index in [1.54, 1.807) is 24.4 Å². The fraction of sp³-hybridized carbons (Fsp3) is 0.125. The molecule has 1 N–H and O–H groups in total. The molecule has 1 aromatic heterocycles. The summed E-state index contributed by atoms with van der Waals surface area (Å²) in [4.78, 5) is 4.41. The maximum absolute atomic E-state index is 11.3. The van der Waals surface area contributed by atoms with Crippen molar-refractivity contribution in [3.63, 3.8) is 0 Å². The van der Waals surface area contributed by atoms with E-state index in [0.717, 1.165) is 22.3 Å². The van der Waals surface area contributed by atoms with Crippen molar-refractivity contribution >= 4 is 21.7 Å². The van der Waals surface area contributed by atoms with Gasteiger partial charge in [0.25, 0.3) is 10.1 Å². The van der Waals surface area contributed by atoms with Crippen LogP contribution in [0.3, 0.4) is 0 Å². The second-order valence-electron chi connectivity index (χ2n) is 7.08. The molecule has 0 bridgehead atoms. The molecular weight excluding hydrogens is 434 g/mol. The largest absolute Gasteiger partial charge is 0.460 e. The molecule has 156 valence electrons. The Kier molecular flexibility index (Phi) is 5.84. The van der Waals surface area contributed by atoms with Gasteiger partial charge in [-0.25, -0.2) is 4.98 Å². The van der Waals surface area contributed by atoms with Gasteiger partial charge in [0, 0.05) is 22.3 Å². The fourth-order valence-electron chi connectivity index (χ4n) is 3.11. The summed E-state index contributed by atoms with van der Waals surface area (Å²) in [6.07, 6.45) is 3.93. The average Bonchev–Trinajstić information content (AvgIpc) is 2.77. The zero-order valence-electron chi connectivity index (χ0n) is 16.5. The molecule has 1 unspecified atom stereocenters. The molecule has 0 amide bonds. The molecule has 3 aromatic rings. The second kappa shape index (κ2) is 8.56. The number of halogens is 1. The molecule has 31 heavy (non-hydrogen) atoms. The summed E-state index contributed by atoms with van der Waals surface area (Å²) in [6, 6.07) is 16.8. The van der Waals surface area contributed by atoms with Crippen molar-refractivity contribution in [3.05, 3.63) is 94.5 Å². The maximum atomic E-state index is 11.3. The Morgan fingerprint density at radius 3 is 2.48 bits per heavy atom. The maximum Gasteiger partial charge on any atom is 0.274 e. The number of nitrogens with zero attached hydrogens (tertiary/aromatic N) is 1. The van der Waals surface area contributed by atoms with E-state index in [1.807, 2.05) is 42.5 Å². The molecule has 0 saturated carbocycles. The summed E-state index contributed by atoms with van der Waals surface area (Å²) in [7, 11) is -4.20. The molecule has 7 heteroatoms. The Labute approximate surface area is 186 Å². The minimum Gasteiger partial charge on any atom is -0.460 e. The normalized spacial score (nSPS) is 13.8. The highest BCUT2D eigenvalue weighted by Gasteiger charge is 2.26. The van der Waals surface area contributed by atoms with E-state index < -0.39 is 15.4 Å². The second-order valence-corrected chi connectivity index (χ2v) is 9.25. The van der Waals surface area contributed by atoms with Gasteiger partial charge in [0.15, 0.2) is 0 Å². The van der Waals surface area contributed by atoms with Crippen LogP contribution in [0.2, 0.25) is 5.02 Å². The predicted octanol–water partition coefficient (Wildman–Crippen LogP) is 4.90. The van der Waals surface area contributed by atoms with Crippen LogP contribution in [0.15, 0.2) is 72.6 Å². The van der Waals surface area contributed by atoms with Crippen molar-refractivity contribution in [2.24, 2.45) is 0 Å². The van der Waals surface area contributed by atoms with Crippen molar-refractivity contribution in [1.29, 1.82) is 0 Å². The van der Waals surface area contributed by atoms with Gasteiger partial charge in [0.1, 0.15) is 22.5 Å². The predicted molar refractivity (Wildman–Crippen MR) is 121 cm³/mol. The van der Waals surface area contributed by atoms with E-state index in [0.29, 0.717) is 22.9 Å². The number of aromatic nitrogens is 1. The summed E-state index contributed by atoms with van der Waals surface area (Å²) < 4.78 is 37.6. The first-order chi connectivity index (χ1) is 14.8. The Bertz CT molecular complexity index is 1320. The van der Waals surface area contributed by atoms with E-state index in [1.165, 1.54) is 6.92 Å². The standard InChI is InChI=1S/C24H18ClNO4S/c1-16(31(27,28)29)23-13-7-19-14-17(3-12-24(19)30-23)2-10-22-11-6-20(15-26-22)18-4-8-21(25)9-5-18/h3-6,8-9,11-16H,7H2,1H3,(H,27,28,29). The van der Waals surface area contributed by atoms with Crippen LogP contribution >= 0.6 is 11.6 Å². The Hall–Kier alpha value is -3.11. The smallest absolute Gasteiger partial charge is 0.274 e. The zero-order valence-corrected chi connectivity index (χ0v) is 18.1. The third-order valence-electron chi connectivity index (χ3n) is 4.93. The van der Waals surface area contributed by atoms with Crippen LogP contribution in [0.25, 0.3) is 11.1 Å². The number of benzene rings is 2. The molecule has 0 radical (unpaired) electrons. The number of hydrogen-bond acceptors (Lipinski definition) is 4. The average molecular weight is 452 g/mol. The number of rotatable bonds is 3. The van der Waals surface area contributed by atoms with E-state index in [4.69, 9.17) is 16.3 Å². The van der Waals surface area contributed by atoms with Crippen molar-refractivity contribution in [3.8, 4) is 28.7 Å². The Balaban J connectivity index is 1.49. The lowest BCUT2D eigenvalue weighted by Crippen LogP contribution is -2.24. The van der Waals surface area contributed by atoms with Crippen LogP contribution in [0.5, 0.6) is 5.75 Å². The van der Waals surface area contributed by atoms with Gasteiger partial charge in [-0.3, -0.25) is 4.55 Å².